The predicted octanol–water partition coefficient (Wildman–Crippen LogP) is 0.995. The third kappa shape index (κ3) is 8.94. The van der Waals surface area contributed by atoms with E-state index in [-0.39, 0.29) is 21.3 Å². The Morgan fingerprint density at radius 2 is 1.27 bits per heavy atom. The van der Waals surface area contributed by atoms with Crippen molar-refractivity contribution in [3.8, 4) is 0 Å². The smallest absolute Gasteiger partial charge is 0.316 e. The molecule has 4 heteroatoms. The fourth-order valence-electron chi connectivity index (χ4n) is 0.262. The minimum absolute atomic E-state index is 0. The summed E-state index contributed by atoms with van der Waals surface area (Å²) in [5, 5.41) is 0. The number of hydrogen-bond acceptors (Lipinski definition) is 4. The Morgan fingerprint density at radius 3 is 1.45 bits per heavy atom. The van der Waals surface area contributed by atoms with Gasteiger partial charge in [0.25, 0.3) is 0 Å². The largest absolute Gasteiger partial charge is 0.469 e. The van der Waals surface area contributed by atoms with Crippen molar-refractivity contribution in [3.63, 3.8) is 0 Å². The van der Waals surface area contributed by atoms with Crippen molar-refractivity contribution in [1.29, 1.82) is 0 Å². The van der Waals surface area contributed by atoms with E-state index in [0.29, 0.717) is 0 Å². The predicted molar refractivity (Wildman–Crippen MR) is 42.1 cm³/mol. The average molecular weight is 164 g/mol. The average Bonchev–Trinajstić information content (AvgIpc) is 1.87. The molecular weight excluding hydrogens is 148 g/mol. The summed E-state index contributed by atoms with van der Waals surface area (Å²) in [4.78, 5) is 20.5. The van der Waals surface area contributed by atoms with E-state index < -0.39 is 11.9 Å². The molecule has 0 saturated carbocycles. The van der Waals surface area contributed by atoms with Gasteiger partial charge in [0.2, 0.25) is 0 Å². The minimum Gasteiger partial charge on any atom is -0.469 e. The number of carbonyl (C=O) groups is 2. The highest BCUT2D eigenvalue weighted by atomic mass is 16.5. The molecule has 0 aliphatic rings. The third-order valence-corrected chi connectivity index (χ3v) is 0.744. The van der Waals surface area contributed by atoms with Gasteiger partial charge < -0.3 is 9.47 Å². The summed E-state index contributed by atoms with van der Waals surface area (Å²) in [5.41, 5.74) is 0. The molecule has 4 nitrogen and oxygen atoms in total. The fraction of sp³-hybridized carbons (Fsp3) is 0.714. The van der Waals surface area contributed by atoms with Crippen molar-refractivity contribution in [3.05, 3.63) is 0 Å². The van der Waals surface area contributed by atoms with Crippen molar-refractivity contribution in [2.45, 2.75) is 21.3 Å². The van der Waals surface area contributed by atoms with E-state index >= 15 is 0 Å². The second-order valence-corrected chi connectivity index (χ2v) is 1.33. The van der Waals surface area contributed by atoms with Crippen molar-refractivity contribution >= 4 is 11.9 Å². The molecule has 0 aliphatic heterocycles. The summed E-state index contributed by atoms with van der Waals surface area (Å²) in [5.74, 6) is -1.16. The number of methoxy groups -OCH3 is 2. The Balaban J connectivity index is -0.000000320. The van der Waals surface area contributed by atoms with Crippen LogP contribution in [0.25, 0.3) is 0 Å². The Labute approximate surface area is 67.5 Å². The summed E-state index contributed by atoms with van der Waals surface area (Å²) < 4.78 is 8.37. The van der Waals surface area contributed by atoms with Gasteiger partial charge in [0.15, 0.2) is 0 Å². The third-order valence-electron chi connectivity index (χ3n) is 0.744. The van der Waals surface area contributed by atoms with Crippen LogP contribution in [0.1, 0.15) is 21.3 Å². The fourth-order valence-corrected chi connectivity index (χ4v) is 0.262. The van der Waals surface area contributed by atoms with E-state index in [2.05, 4.69) is 9.47 Å². The van der Waals surface area contributed by atoms with Crippen LogP contribution in [-0.4, -0.2) is 26.2 Å². The molecule has 0 spiro atoms. The number of rotatable bonds is 2. The molecule has 11 heavy (non-hydrogen) atoms. The highest BCUT2D eigenvalue weighted by Crippen LogP contribution is 1.85. The second-order valence-electron chi connectivity index (χ2n) is 1.33. The van der Waals surface area contributed by atoms with E-state index in [9.17, 15) is 9.59 Å². The van der Waals surface area contributed by atoms with E-state index in [4.69, 9.17) is 0 Å². The Morgan fingerprint density at radius 1 is 1.00 bits per heavy atom. The van der Waals surface area contributed by atoms with Crippen molar-refractivity contribution in [1.82, 2.24) is 0 Å². The Bertz CT molecular complexity index is 106. The highest BCUT2D eigenvalue weighted by molar-refractivity contribution is 5.90. The van der Waals surface area contributed by atoms with Gasteiger partial charge in [-0.15, -0.1) is 0 Å². The quantitative estimate of drug-likeness (QED) is 0.451. The molecule has 0 aliphatic carbocycles. The number of carbonyl (C=O) groups excluding carboxylic acids is 2. The second kappa shape index (κ2) is 8.94. The maximum Gasteiger partial charge on any atom is 0.316 e. The lowest BCUT2D eigenvalue weighted by Crippen LogP contribution is -2.09. The summed E-state index contributed by atoms with van der Waals surface area (Å²) >= 11 is 0. The number of ether oxygens (including phenoxy) is 2. The molecule has 0 atom stereocenters. The molecule has 0 amide bonds. The molecular formula is C7H16O4. The van der Waals surface area contributed by atoms with E-state index in [1.807, 2.05) is 0 Å². The van der Waals surface area contributed by atoms with Crippen molar-refractivity contribution in [2.24, 2.45) is 0 Å². The molecule has 0 heterocycles. The van der Waals surface area contributed by atoms with Gasteiger partial charge in [-0.1, -0.05) is 14.9 Å². The lowest BCUT2D eigenvalue weighted by atomic mass is 10.4. The van der Waals surface area contributed by atoms with Crippen LogP contribution < -0.4 is 0 Å². The van der Waals surface area contributed by atoms with Gasteiger partial charge in [-0.2, -0.15) is 0 Å². The van der Waals surface area contributed by atoms with Crippen LogP contribution in [0.3, 0.4) is 0 Å². The van der Waals surface area contributed by atoms with Gasteiger partial charge in [-0.25, -0.2) is 0 Å². The molecule has 0 aromatic heterocycles. The zero-order valence-electron chi connectivity index (χ0n) is 5.34. The van der Waals surface area contributed by atoms with Gasteiger partial charge in [0.05, 0.1) is 14.2 Å². The van der Waals surface area contributed by atoms with Gasteiger partial charge in [0.1, 0.15) is 6.42 Å². The van der Waals surface area contributed by atoms with Gasteiger partial charge in [0, 0.05) is 0 Å². The minimum atomic E-state index is -0.582. The molecule has 0 unspecified atom stereocenters. The standard InChI is InChI=1S/C5H8O4.2CH4/c1-8-4(6)3-5(7)9-2;;/h3H2,1-2H3;2*1H4. The van der Waals surface area contributed by atoms with E-state index in [1.165, 1.54) is 14.2 Å². The number of hydrogen-bond donors (Lipinski definition) is 0. The first-order valence-corrected chi connectivity index (χ1v) is 2.34. The van der Waals surface area contributed by atoms with Crippen molar-refractivity contribution in [2.75, 3.05) is 14.2 Å². The first-order valence-electron chi connectivity index (χ1n) is 2.34. The molecule has 0 bridgehead atoms. The van der Waals surface area contributed by atoms with Crippen LogP contribution in [0, 0.1) is 0 Å². The van der Waals surface area contributed by atoms with Crippen LogP contribution in [0.5, 0.6) is 0 Å². The zero-order chi connectivity index (χ0) is 7.28. The molecule has 0 saturated heterocycles. The van der Waals surface area contributed by atoms with Crippen LogP contribution in [0.4, 0.5) is 0 Å². The normalized spacial score (nSPS) is 6.73. The maximum atomic E-state index is 10.3. The highest BCUT2D eigenvalue weighted by Gasteiger charge is 2.07. The van der Waals surface area contributed by atoms with Gasteiger partial charge in [-0.3, -0.25) is 9.59 Å². The van der Waals surface area contributed by atoms with E-state index in [0.717, 1.165) is 0 Å². The van der Waals surface area contributed by atoms with Crippen molar-refractivity contribution < 1.29 is 19.1 Å². The first kappa shape index (κ1) is 16.5. The molecule has 0 aromatic carbocycles. The lowest BCUT2D eigenvalue weighted by Gasteiger charge is -1.95. The van der Waals surface area contributed by atoms with Gasteiger partial charge >= 0.3 is 11.9 Å². The summed E-state index contributed by atoms with van der Waals surface area (Å²) in [6.45, 7) is 0. The van der Waals surface area contributed by atoms with Crippen LogP contribution in [0.15, 0.2) is 0 Å². The summed E-state index contributed by atoms with van der Waals surface area (Å²) in [7, 11) is 2.43. The summed E-state index contributed by atoms with van der Waals surface area (Å²) in [6.07, 6.45) is -0.312. The van der Waals surface area contributed by atoms with Crippen LogP contribution in [-0.2, 0) is 19.1 Å². The molecule has 0 radical (unpaired) electrons. The topological polar surface area (TPSA) is 52.6 Å². The van der Waals surface area contributed by atoms with Gasteiger partial charge in [-0.05, 0) is 0 Å². The van der Waals surface area contributed by atoms with E-state index in [1.54, 1.807) is 0 Å². The molecule has 0 N–H and O–H groups in total. The first-order chi connectivity index (χ1) is 4.20. The number of esters is 2. The molecule has 0 rings (SSSR count). The lowest BCUT2D eigenvalue weighted by molar-refractivity contribution is -0.151. The Hall–Kier alpha value is -1.06. The SMILES string of the molecule is C.C.COC(=O)CC(=O)OC. The molecule has 0 aromatic rings. The maximum absolute atomic E-state index is 10.3. The van der Waals surface area contributed by atoms with Crippen LogP contribution >= 0.6 is 0 Å². The van der Waals surface area contributed by atoms with Crippen LogP contribution in [0.2, 0.25) is 0 Å². The molecule has 68 valence electrons. The monoisotopic (exact) mass is 164 g/mol. The molecule has 0 fully saturated rings. The Kier molecular flexibility index (Phi) is 13.4. The zero-order valence-corrected chi connectivity index (χ0v) is 5.34. The summed E-state index contributed by atoms with van der Waals surface area (Å²) in [6, 6.07) is 0.